The number of aromatic nitrogens is 2. The quantitative estimate of drug-likeness (QED) is 0.699. The summed E-state index contributed by atoms with van der Waals surface area (Å²) >= 11 is 5.83. The monoisotopic (exact) mass is 352 g/mol. The molecule has 126 valence electrons. The Kier molecular flexibility index (Phi) is 5.26. The van der Waals surface area contributed by atoms with E-state index in [0.717, 1.165) is 12.1 Å². The van der Waals surface area contributed by atoms with Gasteiger partial charge in [0.15, 0.2) is 0 Å². The molecule has 0 unspecified atom stereocenters. The van der Waals surface area contributed by atoms with Crippen molar-refractivity contribution < 1.29 is 4.79 Å². The molecule has 0 saturated heterocycles. The molecule has 0 aliphatic heterocycles. The maximum absolute atomic E-state index is 12.2. The van der Waals surface area contributed by atoms with Crippen LogP contribution in [0.5, 0.6) is 0 Å². The van der Waals surface area contributed by atoms with Crippen LogP contribution in [0.15, 0.2) is 60.9 Å². The Hall–Kier alpha value is -2.92. The molecule has 0 atom stereocenters. The average Bonchev–Trinajstić information content (AvgIpc) is 2.64. The van der Waals surface area contributed by atoms with Crippen LogP contribution in [-0.2, 0) is 6.42 Å². The Morgan fingerprint density at radius 2 is 1.80 bits per heavy atom. The van der Waals surface area contributed by atoms with E-state index in [4.69, 9.17) is 11.6 Å². The van der Waals surface area contributed by atoms with Crippen molar-refractivity contribution in [1.29, 1.82) is 0 Å². The predicted octanol–water partition coefficient (Wildman–Crippen LogP) is 4.69. The zero-order valence-corrected chi connectivity index (χ0v) is 14.4. The van der Waals surface area contributed by atoms with Crippen LogP contribution in [0.2, 0.25) is 5.02 Å². The van der Waals surface area contributed by atoms with Crippen molar-refractivity contribution in [2.24, 2.45) is 0 Å². The van der Waals surface area contributed by atoms with Crippen molar-refractivity contribution in [2.45, 2.75) is 13.3 Å². The van der Waals surface area contributed by atoms with Crippen LogP contribution in [0.1, 0.15) is 23.0 Å². The van der Waals surface area contributed by atoms with Gasteiger partial charge in [-0.25, -0.2) is 9.97 Å². The van der Waals surface area contributed by atoms with E-state index in [1.807, 2.05) is 18.2 Å². The van der Waals surface area contributed by atoms with Gasteiger partial charge in [-0.1, -0.05) is 36.7 Å². The zero-order valence-electron chi connectivity index (χ0n) is 13.7. The van der Waals surface area contributed by atoms with Gasteiger partial charge in [0.1, 0.15) is 11.5 Å². The number of nitrogens with zero attached hydrogens (tertiary/aromatic N) is 2. The maximum atomic E-state index is 12.2. The topological polar surface area (TPSA) is 66.9 Å². The third kappa shape index (κ3) is 4.33. The summed E-state index contributed by atoms with van der Waals surface area (Å²) in [6.45, 7) is 2.09. The second kappa shape index (κ2) is 7.77. The Balaban J connectivity index is 1.69. The number of hydrogen-bond acceptors (Lipinski definition) is 4. The first-order chi connectivity index (χ1) is 12.2. The lowest BCUT2D eigenvalue weighted by Crippen LogP contribution is -2.14. The van der Waals surface area contributed by atoms with E-state index in [0.29, 0.717) is 16.5 Å². The average molecular weight is 353 g/mol. The van der Waals surface area contributed by atoms with E-state index in [1.54, 1.807) is 30.5 Å². The minimum absolute atomic E-state index is 0.240. The van der Waals surface area contributed by atoms with Crippen molar-refractivity contribution in [3.63, 3.8) is 0 Å². The molecule has 25 heavy (non-hydrogen) atoms. The minimum atomic E-state index is -0.324. The highest BCUT2D eigenvalue weighted by Gasteiger charge is 2.09. The summed E-state index contributed by atoms with van der Waals surface area (Å²) in [6.07, 6.45) is 3.91. The van der Waals surface area contributed by atoms with Crippen molar-refractivity contribution in [1.82, 2.24) is 9.97 Å². The first kappa shape index (κ1) is 16.9. The van der Waals surface area contributed by atoms with Gasteiger partial charge in [0.2, 0.25) is 0 Å². The standard InChI is InChI=1S/C19H17ClN4O/c1-2-13-5-3-4-6-16(13)24-18-12-21-17(11-22-18)19(25)23-15-9-7-14(20)8-10-15/h3-12H,2H2,1H3,(H,22,24)(H,23,25). The molecular formula is C19H17ClN4O. The van der Waals surface area contributed by atoms with Crippen LogP contribution in [-0.4, -0.2) is 15.9 Å². The van der Waals surface area contributed by atoms with Crippen LogP contribution in [0.3, 0.4) is 0 Å². The molecule has 6 heteroatoms. The molecular weight excluding hydrogens is 336 g/mol. The van der Waals surface area contributed by atoms with Gasteiger partial charge in [-0.15, -0.1) is 0 Å². The first-order valence-electron chi connectivity index (χ1n) is 7.89. The molecule has 2 N–H and O–H groups in total. The molecule has 0 fully saturated rings. The van der Waals surface area contributed by atoms with Crippen molar-refractivity contribution >= 4 is 34.7 Å². The summed E-state index contributed by atoms with van der Waals surface area (Å²) in [7, 11) is 0. The summed E-state index contributed by atoms with van der Waals surface area (Å²) in [4.78, 5) is 20.7. The number of anilines is 3. The van der Waals surface area contributed by atoms with Crippen LogP contribution >= 0.6 is 11.6 Å². The third-order valence-electron chi connectivity index (χ3n) is 3.65. The molecule has 3 rings (SSSR count). The number of benzene rings is 2. The lowest BCUT2D eigenvalue weighted by molar-refractivity contribution is 0.102. The van der Waals surface area contributed by atoms with Gasteiger partial charge in [0, 0.05) is 16.4 Å². The van der Waals surface area contributed by atoms with Crippen LogP contribution in [0, 0.1) is 0 Å². The fourth-order valence-corrected chi connectivity index (χ4v) is 2.45. The largest absolute Gasteiger partial charge is 0.339 e. The SMILES string of the molecule is CCc1ccccc1Nc1cnc(C(=O)Nc2ccc(Cl)cc2)cn1. The smallest absolute Gasteiger partial charge is 0.275 e. The van der Waals surface area contributed by atoms with Crippen LogP contribution < -0.4 is 10.6 Å². The van der Waals surface area contributed by atoms with Crippen molar-refractivity contribution in [2.75, 3.05) is 10.6 Å². The van der Waals surface area contributed by atoms with Gasteiger partial charge in [0.25, 0.3) is 5.91 Å². The summed E-state index contributed by atoms with van der Waals surface area (Å²) in [6, 6.07) is 14.9. The van der Waals surface area contributed by atoms with E-state index < -0.39 is 0 Å². The summed E-state index contributed by atoms with van der Waals surface area (Å²) in [5.74, 6) is 0.263. The number of carbonyl (C=O) groups is 1. The van der Waals surface area contributed by atoms with Crippen LogP contribution in [0.4, 0.5) is 17.2 Å². The van der Waals surface area contributed by atoms with E-state index in [2.05, 4.69) is 33.6 Å². The van der Waals surface area contributed by atoms with Crippen LogP contribution in [0.25, 0.3) is 0 Å². The fourth-order valence-electron chi connectivity index (χ4n) is 2.33. The molecule has 0 spiro atoms. The molecule has 3 aromatic rings. The second-order valence-corrected chi connectivity index (χ2v) is 5.82. The second-order valence-electron chi connectivity index (χ2n) is 5.38. The third-order valence-corrected chi connectivity index (χ3v) is 3.90. The highest BCUT2D eigenvalue weighted by Crippen LogP contribution is 2.19. The van der Waals surface area contributed by atoms with Gasteiger partial charge in [-0.05, 0) is 42.3 Å². The Bertz CT molecular complexity index is 863. The van der Waals surface area contributed by atoms with Gasteiger partial charge < -0.3 is 10.6 Å². The van der Waals surface area contributed by atoms with Crippen molar-refractivity contribution in [3.05, 3.63) is 77.2 Å². The van der Waals surface area contributed by atoms with E-state index in [1.165, 1.54) is 11.8 Å². The molecule has 1 heterocycles. The first-order valence-corrected chi connectivity index (χ1v) is 8.27. The van der Waals surface area contributed by atoms with Crippen molar-refractivity contribution in [3.8, 4) is 0 Å². The summed E-state index contributed by atoms with van der Waals surface area (Å²) in [5, 5.41) is 6.59. The number of rotatable bonds is 5. The number of carbonyl (C=O) groups excluding carboxylic acids is 1. The Labute approximate surface area is 151 Å². The number of aryl methyl sites for hydroxylation is 1. The molecule has 0 saturated carbocycles. The van der Waals surface area contributed by atoms with E-state index in [9.17, 15) is 4.79 Å². The molecule has 1 amide bonds. The number of para-hydroxylation sites is 1. The zero-order chi connectivity index (χ0) is 17.6. The fraction of sp³-hybridized carbons (Fsp3) is 0.105. The maximum Gasteiger partial charge on any atom is 0.275 e. The lowest BCUT2D eigenvalue weighted by Gasteiger charge is -2.10. The molecule has 0 aliphatic rings. The van der Waals surface area contributed by atoms with Gasteiger partial charge >= 0.3 is 0 Å². The highest BCUT2D eigenvalue weighted by molar-refractivity contribution is 6.30. The molecule has 5 nitrogen and oxygen atoms in total. The molecule has 1 aromatic heterocycles. The minimum Gasteiger partial charge on any atom is -0.339 e. The van der Waals surface area contributed by atoms with Gasteiger partial charge in [-0.3, -0.25) is 4.79 Å². The molecule has 0 aliphatic carbocycles. The Morgan fingerprint density at radius 3 is 2.48 bits per heavy atom. The summed E-state index contributed by atoms with van der Waals surface area (Å²) in [5.41, 5.74) is 3.06. The number of amides is 1. The normalized spacial score (nSPS) is 10.3. The van der Waals surface area contributed by atoms with Gasteiger partial charge in [-0.2, -0.15) is 0 Å². The molecule has 2 aromatic carbocycles. The number of nitrogens with one attached hydrogen (secondary N) is 2. The van der Waals surface area contributed by atoms with E-state index in [-0.39, 0.29) is 11.6 Å². The highest BCUT2D eigenvalue weighted by atomic mass is 35.5. The summed E-state index contributed by atoms with van der Waals surface area (Å²) < 4.78 is 0. The number of hydrogen-bond donors (Lipinski definition) is 2. The molecule has 0 bridgehead atoms. The predicted molar refractivity (Wildman–Crippen MR) is 101 cm³/mol. The molecule has 0 radical (unpaired) electrons. The number of halogens is 1. The van der Waals surface area contributed by atoms with E-state index >= 15 is 0 Å². The van der Waals surface area contributed by atoms with Gasteiger partial charge in [0.05, 0.1) is 12.4 Å². The lowest BCUT2D eigenvalue weighted by atomic mass is 10.1. The Morgan fingerprint density at radius 1 is 1.04 bits per heavy atom.